The van der Waals surface area contributed by atoms with Crippen molar-refractivity contribution >= 4 is 23.7 Å². The largest absolute Gasteiger partial charge is 0.469 e. The maximum Gasteiger partial charge on any atom is 0.310 e. The highest BCUT2D eigenvalue weighted by Crippen LogP contribution is 2.61. The van der Waals surface area contributed by atoms with Crippen molar-refractivity contribution in [1.82, 2.24) is 0 Å². The Balaban J connectivity index is 1.64. The first-order valence-electron chi connectivity index (χ1n) is 7.20. The molecule has 2 bridgehead atoms. The first-order chi connectivity index (χ1) is 10.2. The minimum absolute atomic E-state index is 0.0430. The average molecular weight is 304 g/mol. The van der Waals surface area contributed by atoms with Crippen molar-refractivity contribution < 1.29 is 19.1 Å². The predicted octanol–water partition coefficient (Wildman–Crippen LogP) is 2.13. The van der Waals surface area contributed by atoms with Gasteiger partial charge in [-0.2, -0.15) is 0 Å². The van der Waals surface area contributed by atoms with Crippen molar-refractivity contribution in [3.8, 4) is 0 Å². The van der Waals surface area contributed by atoms with Crippen LogP contribution in [0.15, 0.2) is 35.2 Å². The van der Waals surface area contributed by atoms with Crippen molar-refractivity contribution in [3.05, 3.63) is 30.3 Å². The van der Waals surface area contributed by atoms with E-state index < -0.39 is 0 Å². The van der Waals surface area contributed by atoms with Gasteiger partial charge in [-0.15, -0.1) is 11.8 Å². The molecular formula is C16H16O4S. The Morgan fingerprint density at radius 2 is 2.05 bits per heavy atom. The van der Waals surface area contributed by atoms with E-state index in [4.69, 9.17) is 9.47 Å². The molecule has 3 aliphatic rings. The first-order valence-corrected chi connectivity index (χ1v) is 8.08. The lowest BCUT2D eigenvalue weighted by Gasteiger charge is -2.29. The molecule has 0 N–H and O–H groups in total. The van der Waals surface area contributed by atoms with Gasteiger partial charge in [-0.3, -0.25) is 9.59 Å². The van der Waals surface area contributed by atoms with Crippen LogP contribution in [-0.4, -0.2) is 30.4 Å². The number of benzene rings is 1. The Morgan fingerprint density at radius 3 is 2.76 bits per heavy atom. The summed E-state index contributed by atoms with van der Waals surface area (Å²) in [7, 11) is 1.39. The number of rotatable bonds is 3. The van der Waals surface area contributed by atoms with E-state index in [1.165, 1.54) is 7.11 Å². The number of fused-ring (bicyclic) bond motifs is 1. The van der Waals surface area contributed by atoms with Gasteiger partial charge >= 0.3 is 11.9 Å². The second kappa shape index (κ2) is 4.77. The molecule has 3 fully saturated rings. The van der Waals surface area contributed by atoms with Gasteiger partial charge in [0.2, 0.25) is 0 Å². The Labute approximate surface area is 127 Å². The lowest BCUT2D eigenvalue weighted by molar-refractivity contribution is -0.153. The Kier molecular flexibility index (Phi) is 2.99. The van der Waals surface area contributed by atoms with Gasteiger partial charge in [-0.1, -0.05) is 18.2 Å². The quantitative estimate of drug-likeness (QED) is 0.801. The van der Waals surface area contributed by atoms with Gasteiger partial charge in [0.25, 0.3) is 0 Å². The Morgan fingerprint density at radius 1 is 1.29 bits per heavy atom. The van der Waals surface area contributed by atoms with Crippen molar-refractivity contribution in [2.75, 3.05) is 7.11 Å². The van der Waals surface area contributed by atoms with Gasteiger partial charge in [-0.05, 0) is 24.5 Å². The molecule has 0 radical (unpaired) electrons. The van der Waals surface area contributed by atoms with Crippen LogP contribution in [0.4, 0.5) is 0 Å². The summed E-state index contributed by atoms with van der Waals surface area (Å²) in [4.78, 5) is 25.3. The summed E-state index contributed by atoms with van der Waals surface area (Å²) in [5.41, 5.74) is 0. The van der Waals surface area contributed by atoms with Crippen LogP contribution in [0, 0.1) is 23.7 Å². The highest BCUT2D eigenvalue weighted by atomic mass is 32.2. The van der Waals surface area contributed by atoms with Crippen molar-refractivity contribution in [3.63, 3.8) is 0 Å². The maximum atomic E-state index is 12.1. The fraction of sp³-hybridized carbons (Fsp3) is 0.500. The third-order valence-corrected chi connectivity index (χ3v) is 6.47. The van der Waals surface area contributed by atoms with Crippen LogP contribution in [0.25, 0.3) is 0 Å². The number of hydrogen-bond donors (Lipinski definition) is 0. The van der Waals surface area contributed by atoms with E-state index in [1.54, 1.807) is 11.8 Å². The summed E-state index contributed by atoms with van der Waals surface area (Å²) in [5, 5.41) is 0.157. The second-order valence-electron chi connectivity index (χ2n) is 5.94. The van der Waals surface area contributed by atoms with E-state index in [9.17, 15) is 9.59 Å². The summed E-state index contributed by atoms with van der Waals surface area (Å²) in [6, 6.07) is 10.1. The van der Waals surface area contributed by atoms with Gasteiger partial charge in [-0.25, -0.2) is 0 Å². The first kappa shape index (κ1) is 13.2. The Bertz CT molecular complexity index is 587. The number of thioether (sulfide) groups is 1. The van der Waals surface area contributed by atoms with Crippen LogP contribution in [0.2, 0.25) is 0 Å². The zero-order valence-corrected chi connectivity index (χ0v) is 12.4. The monoisotopic (exact) mass is 304 g/mol. The molecule has 6 atom stereocenters. The summed E-state index contributed by atoms with van der Waals surface area (Å²) < 4.78 is 10.5. The lowest BCUT2D eigenvalue weighted by atomic mass is 9.80. The van der Waals surface area contributed by atoms with Crippen molar-refractivity contribution in [2.45, 2.75) is 22.7 Å². The minimum atomic E-state index is -0.326. The van der Waals surface area contributed by atoms with Crippen LogP contribution in [0.3, 0.4) is 0 Å². The molecule has 0 amide bonds. The van der Waals surface area contributed by atoms with Crippen LogP contribution in [0.5, 0.6) is 0 Å². The lowest BCUT2D eigenvalue weighted by Crippen LogP contribution is -2.39. The molecule has 1 saturated heterocycles. The summed E-state index contributed by atoms with van der Waals surface area (Å²) >= 11 is 1.72. The molecule has 4 rings (SSSR count). The van der Waals surface area contributed by atoms with E-state index in [0.717, 1.165) is 11.3 Å². The van der Waals surface area contributed by atoms with Crippen molar-refractivity contribution in [1.29, 1.82) is 0 Å². The van der Waals surface area contributed by atoms with Gasteiger partial charge < -0.3 is 9.47 Å². The third-order valence-electron chi connectivity index (χ3n) is 5.03. The average Bonchev–Trinajstić information content (AvgIpc) is 3.11. The zero-order valence-electron chi connectivity index (χ0n) is 11.6. The summed E-state index contributed by atoms with van der Waals surface area (Å²) in [5.74, 6) is -0.711. The molecule has 1 aliphatic heterocycles. The van der Waals surface area contributed by atoms with E-state index in [-0.39, 0.29) is 47.0 Å². The smallest absolute Gasteiger partial charge is 0.310 e. The maximum absolute atomic E-state index is 12.1. The van der Waals surface area contributed by atoms with Crippen LogP contribution in [0.1, 0.15) is 6.42 Å². The molecule has 1 aromatic rings. The molecule has 2 aliphatic carbocycles. The van der Waals surface area contributed by atoms with Crippen LogP contribution >= 0.6 is 11.8 Å². The highest BCUT2D eigenvalue weighted by Gasteiger charge is 2.68. The number of esters is 2. The second-order valence-corrected chi connectivity index (χ2v) is 7.19. The number of ether oxygens (including phenoxy) is 2. The number of methoxy groups -OCH3 is 1. The predicted molar refractivity (Wildman–Crippen MR) is 76.6 cm³/mol. The molecule has 4 nitrogen and oxygen atoms in total. The van der Waals surface area contributed by atoms with Gasteiger partial charge in [0.15, 0.2) is 0 Å². The number of carbonyl (C=O) groups is 2. The molecule has 1 aromatic carbocycles. The Hall–Kier alpha value is -1.49. The van der Waals surface area contributed by atoms with E-state index in [2.05, 4.69) is 12.1 Å². The summed E-state index contributed by atoms with van der Waals surface area (Å²) in [6.07, 6.45) is 0.851. The fourth-order valence-electron chi connectivity index (χ4n) is 4.26. The SMILES string of the molecule is COC(=O)[C@@H]1[C@H]2C[C@H]3[C@H](OC(=O)[C@H]31)[C@@H]2Sc1ccccc1. The number of carbonyl (C=O) groups excluding carboxylic acids is 2. The molecule has 0 aromatic heterocycles. The third kappa shape index (κ3) is 1.83. The minimum Gasteiger partial charge on any atom is -0.469 e. The molecule has 5 heteroatoms. The molecule has 21 heavy (non-hydrogen) atoms. The molecule has 0 unspecified atom stereocenters. The molecule has 110 valence electrons. The summed E-state index contributed by atoms with van der Waals surface area (Å²) in [6.45, 7) is 0. The standard InChI is InChI=1S/C16H16O4S/c1-19-15(17)12-10-7-9-11(12)16(18)20-13(9)14(10)21-8-5-3-2-4-6-8/h2-6,9-14H,7H2,1H3/t9-,10-,11-,12-,13+,14-/m1/s1. The number of hydrogen-bond acceptors (Lipinski definition) is 5. The molecule has 2 saturated carbocycles. The normalized spacial score (nSPS) is 39.4. The molecule has 0 spiro atoms. The van der Waals surface area contributed by atoms with Gasteiger partial charge in [0.1, 0.15) is 6.10 Å². The zero-order chi connectivity index (χ0) is 14.6. The van der Waals surface area contributed by atoms with E-state index in [0.29, 0.717) is 0 Å². The van der Waals surface area contributed by atoms with E-state index in [1.807, 2.05) is 18.2 Å². The van der Waals surface area contributed by atoms with Crippen LogP contribution in [-0.2, 0) is 19.1 Å². The van der Waals surface area contributed by atoms with Crippen molar-refractivity contribution in [2.24, 2.45) is 23.7 Å². The topological polar surface area (TPSA) is 52.6 Å². The fourth-order valence-corrected chi connectivity index (χ4v) is 5.74. The molecule has 1 heterocycles. The van der Waals surface area contributed by atoms with Crippen LogP contribution < -0.4 is 0 Å². The van der Waals surface area contributed by atoms with Gasteiger partial charge in [0.05, 0.1) is 24.2 Å². The van der Waals surface area contributed by atoms with Gasteiger partial charge in [0, 0.05) is 10.8 Å². The van der Waals surface area contributed by atoms with E-state index >= 15 is 0 Å². The highest BCUT2D eigenvalue weighted by molar-refractivity contribution is 8.00. The molecular weight excluding hydrogens is 288 g/mol.